The molecule has 3 N–H and O–H groups in total. The van der Waals surface area contributed by atoms with Crippen LogP contribution in [0.4, 0.5) is 0 Å². The van der Waals surface area contributed by atoms with E-state index in [-0.39, 0.29) is 35.5 Å². The molecule has 4 atom stereocenters. The van der Waals surface area contributed by atoms with E-state index in [1.54, 1.807) is 6.20 Å². The minimum atomic E-state index is -0.375. The van der Waals surface area contributed by atoms with Crippen LogP contribution in [0.1, 0.15) is 12.1 Å². The monoisotopic (exact) mass is 271 g/mol. The molecule has 0 saturated heterocycles. The van der Waals surface area contributed by atoms with Gasteiger partial charge >= 0.3 is 0 Å². The highest BCUT2D eigenvalue weighted by atomic mass is 16.2. The van der Waals surface area contributed by atoms with E-state index in [2.05, 4.69) is 10.3 Å². The molecule has 1 heterocycles. The van der Waals surface area contributed by atoms with Crippen molar-refractivity contribution < 1.29 is 9.59 Å². The van der Waals surface area contributed by atoms with Crippen LogP contribution < -0.4 is 11.1 Å². The zero-order valence-corrected chi connectivity index (χ0v) is 11.0. The normalized spacial score (nSPS) is 30.4. The highest BCUT2D eigenvalue weighted by Crippen LogP contribution is 2.47. The standard InChI is InChI=1S/C15H17N3O2/c16-14(19)12-9-4-5-10(7-9)13(12)15(20)18-8-11-3-1-2-6-17-11/h1-6,9-10,12-13H,7-8H2,(H2,16,19)(H,18,20)/t9-,10+,12-,13+/m1/s1. The number of amides is 2. The molecule has 2 aliphatic rings. The first-order valence-electron chi connectivity index (χ1n) is 6.82. The minimum Gasteiger partial charge on any atom is -0.369 e. The third-order valence-electron chi connectivity index (χ3n) is 4.26. The molecule has 2 amide bonds. The fraction of sp³-hybridized carbons (Fsp3) is 0.400. The summed E-state index contributed by atoms with van der Waals surface area (Å²) in [6, 6.07) is 5.56. The predicted octanol–water partition coefficient (Wildman–Crippen LogP) is 0.621. The Morgan fingerprint density at radius 1 is 1.25 bits per heavy atom. The number of pyridine rings is 1. The number of rotatable bonds is 4. The minimum absolute atomic E-state index is 0.101. The van der Waals surface area contributed by atoms with Crippen molar-refractivity contribution in [2.45, 2.75) is 13.0 Å². The molecule has 5 nitrogen and oxygen atoms in total. The lowest BCUT2D eigenvalue weighted by molar-refractivity contribution is -0.133. The Morgan fingerprint density at radius 2 is 2.00 bits per heavy atom. The van der Waals surface area contributed by atoms with Gasteiger partial charge in [0.15, 0.2) is 0 Å². The fourth-order valence-corrected chi connectivity index (χ4v) is 3.37. The van der Waals surface area contributed by atoms with Crippen molar-refractivity contribution in [2.24, 2.45) is 29.4 Å². The first-order valence-corrected chi connectivity index (χ1v) is 6.82. The number of carbonyl (C=O) groups excluding carboxylic acids is 2. The predicted molar refractivity (Wildman–Crippen MR) is 73.0 cm³/mol. The molecule has 0 spiro atoms. The molecule has 0 unspecified atom stereocenters. The highest BCUT2D eigenvalue weighted by molar-refractivity contribution is 5.88. The number of hydrogen-bond acceptors (Lipinski definition) is 3. The van der Waals surface area contributed by atoms with E-state index in [0.29, 0.717) is 6.54 Å². The molecule has 1 fully saturated rings. The lowest BCUT2D eigenvalue weighted by Gasteiger charge is -2.24. The van der Waals surface area contributed by atoms with Crippen molar-refractivity contribution in [3.63, 3.8) is 0 Å². The maximum Gasteiger partial charge on any atom is 0.224 e. The smallest absolute Gasteiger partial charge is 0.224 e. The Hall–Kier alpha value is -2.17. The van der Waals surface area contributed by atoms with Gasteiger partial charge in [0.2, 0.25) is 11.8 Å². The van der Waals surface area contributed by atoms with E-state index < -0.39 is 0 Å². The summed E-state index contributed by atoms with van der Waals surface area (Å²) >= 11 is 0. The lowest BCUT2D eigenvalue weighted by Crippen LogP contribution is -2.42. The van der Waals surface area contributed by atoms with Gasteiger partial charge in [-0.05, 0) is 30.4 Å². The average Bonchev–Trinajstić information content (AvgIpc) is 3.06. The summed E-state index contributed by atoms with van der Waals surface area (Å²) in [7, 11) is 0. The molecular weight excluding hydrogens is 254 g/mol. The van der Waals surface area contributed by atoms with Crippen LogP contribution in [-0.4, -0.2) is 16.8 Å². The summed E-state index contributed by atoms with van der Waals surface area (Å²) < 4.78 is 0. The third-order valence-corrected chi connectivity index (χ3v) is 4.26. The van der Waals surface area contributed by atoms with E-state index in [9.17, 15) is 9.59 Å². The first-order chi connectivity index (χ1) is 9.66. The fourth-order valence-electron chi connectivity index (χ4n) is 3.37. The van der Waals surface area contributed by atoms with Crippen molar-refractivity contribution in [3.05, 3.63) is 42.2 Å². The average molecular weight is 271 g/mol. The molecule has 20 heavy (non-hydrogen) atoms. The van der Waals surface area contributed by atoms with Crippen molar-refractivity contribution in [3.8, 4) is 0 Å². The van der Waals surface area contributed by atoms with Gasteiger partial charge in [-0.3, -0.25) is 14.6 Å². The Bertz CT molecular complexity index is 555. The van der Waals surface area contributed by atoms with Gasteiger partial charge in [-0.25, -0.2) is 0 Å². The second kappa shape index (κ2) is 5.07. The molecule has 1 saturated carbocycles. The SMILES string of the molecule is NC(=O)[C@H]1[C@@H](C(=O)NCc2ccccn2)[C@H]2C=C[C@@H]1C2. The second-order valence-corrected chi connectivity index (χ2v) is 5.44. The lowest BCUT2D eigenvalue weighted by atomic mass is 9.82. The summed E-state index contributed by atoms with van der Waals surface area (Å²) in [4.78, 5) is 28.1. The summed E-state index contributed by atoms with van der Waals surface area (Å²) in [6.45, 7) is 0.378. The molecule has 0 radical (unpaired) electrons. The van der Waals surface area contributed by atoms with Gasteiger partial charge in [-0.2, -0.15) is 0 Å². The second-order valence-electron chi connectivity index (χ2n) is 5.44. The van der Waals surface area contributed by atoms with E-state index in [0.717, 1.165) is 12.1 Å². The topological polar surface area (TPSA) is 85.1 Å². The highest BCUT2D eigenvalue weighted by Gasteiger charge is 2.50. The number of allylic oxidation sites excluding steroid dienone is 2. The largest absolute Gasteiger partial charge is 0.369 e. The van der Waals surface area contributed by atoms with Crippen LogP contribution in [0.5, 0.6) is 0 Å². The number of nitrogens with two attached hydrogens (primary N) is 1. The van der Waals surface area contributed by atoms with Gasteiger partial charge in [0, 0.05) is 6.20 Å². The van der Waals surface area contributed by atoms with Gasteiger partial charge in [0.1, 0.15) is 0 Å². The molecule has 1 aromatic rings. The molecule has 2 aliphatic carbocycles. The molecule has 2 bridgehead atoms. The number of primary amides is 1. The van der Waals surface area contributed by atoms with Gasteiger partial charge < -0.3 is 11.1 Å². The van der Waals surface area contributed by atoms with Gasteiger partial charge in [-0.15, -0.1) is 0 Å². The van der Waals surface area contributed by atoms with E-state index in [1.807, 2.05) is 30.4 Å². The van der Waals surface area contributed by atoms with Crippen LogP contribution in [0.2, 0.25) is 0 Å². The van der Waals surface area contributed by atoms with Gasteiger partial charge in [0.25, 0.3) is 0 Å². The number of fused-ring (bicyclic) bond motifs is 2. The number of nitrogens with zero attached hydrogens (tertiary/aromatic N) is 1. The molecular formula is C15H17N3O2. The van der Waals surface area contributed by atoms with Crippen LogP contribution in [0.3, 0.4) is 0 Å². The molecule has 3 rings (SSSR count). The maximum absolute atomic E-state index is 12.3. The maximum atomic E-state index is 12.3. The molecule has 0 aliphatic heterocycles. The summed E-state index contributed by atoms with van der Waals surface area (Å²) in [5, 5.41) is 2.87. The van der Waals surface area contributed by atoms with Crippen LogP contribution in [0.15, 0.2) is 36.5 Å². The van der Waals surface area contributed by atoms with E-state index in [4.69, 9.17) is 5.73 Å². The van der Waals surface area contributed by atoms with Crippen LogP contribution in [0, 0.1) is 23.7 Å². The number of nitrogens with one attached hydrogen (secondary N) is 1. The summed E-state index contributed by atoms with van der Waals surface area (Å²) in [5.41, 5.74) is 6.26. The first kappa shape index (κ1) is 12.8. The summed E-state index contributed by atoms with van der Waals surface area (Å²) in [6.07, 6.45) is 6.60. The van der Waals surface area contributed by atoms with Crippen LogP contribution in [-0.2, 0) is 16.1 Å². The Kier molecular flexibility index (Phi) is 3.26. The molecule has 5 heteroatoms. The van der Waals surface area contributed by atoms with Crippen LogP contribution in [0.25, 0.3) is 0 Å². The Morgan fingerprint density at radius 3 is 2.65 bits per heavy atom. The molecule has 1 aromatic heterocycles. The number of aromatic nitrogens is 1. The van der Waals surface area contributed by atoms with Crippen molar-refractivity contribution in [1.82, 2.24) is 10.3 Å². The van der Waals surface area contributed by atoms with Crippen molar-refractivity contribution in [1.29, 1.82) is 0 Å². The van der Waals surface area contributed by atoms with Crippen LogP contribution >= 0.6 is 0 Å². The molecule has 0 aromatic carbocycles. The van der Waals surface area contributed by atoms with Gasteiger partial charge in [0.05, 0.1) is 24.1 Å². The van der Waals surface area contributed by atoms with Gasteiger partial charge in [-0.1, -0.05) is 18.2 Å². The molecule has 104 valence electrons. The third kappa shape index (κ3) is 2.19. The zero-order chi connectivity index (χ0) is 14.1. The van der Waals surface area contributed by atoms with Crippen molar-refractivity contribution in [2.75, 3.05) is 0 Å². The Labute approximate surface area is 117 Å². The van der Waals surface area contributed by atoms with Crippen molar-refractivity contribution >= 4 is 11.8 Å². The number of carbonyl (C=O) groups is 2. The van der Waals surface area contributed by atoms with E-state index in [1.165, 1.54) is 0 Å². The Balaban J connectivity index is 1.68. The summed E-state index contributed by atoms with van der Waals surface area (Å²) in [5.74, 6) is -0.902. The quantitative estimate of drug-likeness (QED) is 0.787. The zero-order valence-electron chi connectivity index (χ0n) is 11.0. The number of hydrogen-bond donors (Lipinski definition) is 2. The van der Waals surface area contributed by atoms with E-state index >= 15 is 0 Å².